The zero-order valence-corrected chi connectivity index (χ0v) is 11.3. The van der Waals surface area contributed by atoms with Gasteiger partial charge in [-0.05, 0) is 26.0 Å². The molecule has 0 fully saturated rings. The number of aliphatic carboxylic acids is 1. The average Bonchev–Trinajstić information content (AvgIpc) is 2.39. The molecule has 5 nitrogen and oxygen atoms in total. The lowest BCUT2D eigenvalue weighted by atomic mass is 9.91. The van der Waals surface area contributed by atoms with Crippen LogP contribution in [0, 0.1) is 5.41 Å². The minimum absolute atomic E-state index is 0.0959. The summed E-state index contributed by atoms with van der Waals surface area (Å²) in [5, 5.41) is 8.79. The lowest BCUT2D eigenvalue weighted by Gasteiger charge is -2.31. The van der Waals surface area contributed by atoms with Crippen LogP contribution in [0.3, 0.4) is 0 Å². The third-order valence-corrected chi connectivity index (χ3v) is 2.95. The van der Waals surface area contributed by atoms with Crippen LogP contribution in [-0.2, 0) is 9.59 Å². The van der Waals surface area contributed by atoms with Gasteiger partial charge in [-0.1, -0.05) is 18.2 Å². The highest BCUT2D eigenvalue weighted by atomic mass is 16.4. The van der Waals surface area contributed by atoms with E-state index in [-0.39, 0.29) is 25.4 Å². The molecule has 1 rings (SSSR count). The van der Waals surface area contributed by atoms with Crippen molar-refractivity contribution in [3.8, 4) is 0 Å². The topological polar surface area (TPSA) is 83.6 Å². The normalized spacial score (nSPS) is 11.1. The number of nitrogens with zero attached hydrogens (tertiary/aromatic N) is 1. The van der Waals surface area contributed by atoms with Crippen molar-refractivity contribution in [2.24, 2.45) is 11.1 Å². The van der Waals surface area contributed by atoms with Gasteiger partial charge in [-0.3, -0.25) is 9.59 Å². The van der Waals surface area contributed by atoms with E-state index in [0.717, 1.165) is 0 Å². The van der Waals surface area contributed by atoms with E-state index in [4.69, 9.17) is 10.8 Å². The fraction of sp³-hybridized carbons (Fsp3) is 0.429. The fourth-order valence-corrected chi connectivity index (χ4v) is 1.62. The number of benzene rings is 1. The number of para-hydroxylation sites is 1. The van der Waals surface area contributed by atoms with Gasteiger partial charge in [0.05, 0.1) is 11.8 Å². The maximum Gasteiger partial charge on any atom is 0.305 e. The molecule has 19 heavy (non-hydrogen) atoms. The molecule has 0 aliphatic carbocycles. The second kappa shape index (κ2) is 6.33. The molecule has 1 aromatic rings. The Morgan fingerprint density at radius 1 is 1.26 bits per heavy atom. The summed E-state index contributed by atoms with van der Waals surface area (Å²) in [6.45, 7) is 3.86. The molecule has 0 unspecified atom stereocenters. The zero-order chi connectivity index (χ0) is 14.5. The first-order chi connectivity index (χ1) is 8.88. The number of hydrogen-bond donors (Lipinski definition) is 2. The summed E-state index contributed by atoms with van der Waals surface area (Å²) < 4.78 is 0. The molecule has 0 atom stereocenters. The standard InChI is InChI=1S/C14H20N2O3/c1-14(2,10-15)13(19)16(9-8-12(17)18)11-6-4-3-5-7-11/h3-7H,8-10,15H2,1-2H3,(H,17,18). The first-order valence-corrected chi connectivity index (χ1v) is 6.17. The van der Waals surface area contributed by atoms with Gasteiger partial charge in [0, 0.05) is 18.8 Å². The van der Waals surface area contributed by atoms with Crippen LogP contribution in [0.4, 0.5) is 5.69 Å². The van der Waals surface area contributed by atoms with Gasteiger partial charge in [0.2, 0.25) is 5.91 Å². The van der Waals surface area contributed by atoms with Gasteiger partial charge < -0.3 is 15.7 Å². The van der Waals surface area contributed by atoms with Crippen LogP contribution in [0.2, 0.25) is 0 Å². The van der Waals surface area contributed by atoms with Crippen molar-refractivity contribution >= 4 is 17.6 Å². The number of carboxylic acid groups (broad SMARTS) is 1. The molecule has 0 aliphatic rings. The minimum atomic E-state index is -0.931. The number of hydrogen-bond acceptors (Lipinski definition) is 3. The second-order valence-electron chi connectivity index (χ2n) is 5.02. The molecular formula is C14H20N2O3. The van der Waals surface area contributed by atoms with E-state index in [1.807, 2.05) is 18.2 Å². The Labute approximate surface area is 113 Å². The maximum atomic E-state index is 12.5. The number of carbonyl (C=O) groups excluding carboxylic acids is 1. The first-order valence-electron chi connectivity index (χ1n) is 6.17. The van der Waals surface area contributed by atoms with Crippen LogP contribution >= 0.6 is 0 Å². The molecule has 0 bridgehead atoms. The van der Waals surface area contributed by atoms with Gasteiger partial charge in [-0.15, -0.1) is 0 Å². The molecule has 0 aromatic heterocycles. The minimum Gasteiger partial charge on any atom is -0.481 e. The highest BCUT2D eigenvalue weighted by Crippen LogP contribution is 2.23. The molecule has 0 radical (unpaired) electrons. The van der Waals surface area contributed by atoms with Gasteiger partial charge in [-0.2, -0.15) is 0 Å². The summed E-state index contributed by atoms with van der Waals surface area (Å²) in [7, 11) is 0. The average molecular weight is 264 g/mol. The van der Waals surface area contributed by atoms with E-state index in [9.17, 15) is 9.59 Å². The molecule has 0 spiro atoms. The smallest absolute Gasteiger partial charge is 0.305 e. The summed E-state index contributed by atoms with van der Waals surface area (Å²) in [5.74, 6) is -1.10. The van der Waals surface area contributed by atoms with E-state index in [1.54, 1.807) is 26.0 Å². The Morgan fingerprint density at radius 3 is 2.32 bits per heavy atom. The number of rotatable bonds is 6. The zero-order valence-electron chi connectivity index (χ0n) is 11.3. The molecule has 0 heterocycles. The summed E-state index contributed by atoms with van der Waals surface area (Å²) in [4.78, 5) is 24.7. The highest BCUT2D eigenvalue weighted by Gasteiger charge is 2.31. The van der Waals surface area contributed by atoms with Gasteiger partial charge in [0.15, 0.2) is 0 Å². The summed E-state index contributed by atoms with van der Waals surface area (Å²) >= 11 is 0. The summed E-state index contributed by atoms with van der Waals surface area (Å²) in [6.07, 6.45) is -0.0959. The third kappa shape index (κ3) is 4.06. The molecular weight excluding hydrogens is 244 g/mol. The lowest BCUT2D eigenvalue weighted by Crippen LogP contribution is -2.45. The molecule has 0 saturated heterocycles. The second-order valence-corrected chi connectivity index (χ2v) is 5.02. The lowest BCUT2D eigenvalue weighted by molar-refractivity contribution is -0.136. The van der Waals surface area contributed by atoms with E-state index >= 15 is 0 Å². The van der Waals surface area contributed by atoms with E-state index in [2.05, 4.69) is 0 Å². The van der Waals surface area contributed by atoms with Gasteiger partial charge in [0.25, 0.3) is 0 Å². The van der Waals surface area contributed by atoms with Gasteiger partial charge in [-0.25, -0.2) is 0 Å². The Kier molecular flexibility index (Phi) is 5.06. The largest absolute Gasteiger partial charge is 0.481 e. The van der Waals surface area contributed by atoms with Crippen molar-refractivity contribution in [1.82, 2.24) is 0 Å². The molecule has 1 amide bonds. The Hall–Kier alpha value is -1.88. The maximum absolute atomic E-state index is 12.5. The van der Waals surface area contributed by atoms with E-state index in [1.165, 1.54) is 4.90 Å². The number of anilines is 1. The fourth-order valence-electron chi connectivity index (χ4n) is 1.62. The molecule has 1 aromatic carbocycles. The van der Waals surface area contributed by atoms with Gasteiger partial charge in [0.1, 0.15) is 0 Å². The van der Waals surface area contributed by atoms with Crippen LogP contribution in [0.25, 0.3) is 0 Å². The SMILES string of the molecule is CC(C)(CN)C(=O)N(CCC(=O)O)c1ccccc1. The predicted molar refractivity (Wildman–Crippen MR) is 73.9 cm³/mol. The Bertz CT molecular complexity index is 443. The molecule has 0 saturated carbocycles. The van der Waals surface area contributed by atoms with Crippen molar-refractivity contribution in [3.63, 3.8) is 0 Å². The van der Waals surface area contributed by atoms with Crippen LogP contribution in [0.15, 0.2) is 30.3 Å². The van der Waals surface area contributed by atoms with Crippen LogP contribution in [0.5, 0.6) is 0 Å². The van der Waals surface area contributed by atoms with Crippen molar-refractivity contribution in [3.05, 3.63) is 30.3 Å². The molecule has 104 valence electrons. The summed E-state index contributed by atoms with van der Waals surface area (Å²) in [5.41, 5.74) is 5.59. The van der Waals surface area contributed by atoms with E-state index in [0.29, 0.717) is 5.69 Å². The van der Waals surface area contributed by atoms with Crippen molar-refractivity contribution in [2.75, 3.05) is 18.0 Å². The highest BCUT2D eigenvalue weighted by molar-refractivity contribution is 5.97. The number of carboxylic acids is 1. The Balaban J connectivity index is 2.99. The Morgan fingerprint density at radius 2 is 1.84 bits per heavy atom. The van der Waals surface area contributed by atoms with E-state index < -0.39 is 11.4 Å². The molecule has 0 aliphatic heterocycles. The van der Waals surface area contributed by atoms with Crippen LogP contribution < -0.4 is 10.6 Å². The molecule has 3 N–H and O–H groups in total. The number of carbonyl (C=O) groups is 2. The van der Waals surface area contributed by atoms with Crippen molar-refractivity contribution in [2.45, 2.75) is 20.3 Å². The van der Waals surface area contributed by atoms with Crippen molar-refractivity contribution < 1.29 is 14.7 Å². The summed E-state index contributed by atoms with van der Waals surface area (Å²) in [6, 6.07) is 9.04. The monoisotopic (exact) mass is 264 g/mol. The molecule has 5 heteroatoms. The predicted octanol–water partition coefficient (Wildman–Crippen LogP) is 1.48. The third-order valence-electron chi connectivity index (χ3n) is 2.95. The quantitative estimate of drug-likeness (QED) is 0.815. The van der Waals surface area contributed by atoms with Crippen molar-refractivity contribution in [1.29, 1.82) is 0 Å². The number of amides is 1. The number of nitrogens with two attached hydrogens (primary N) is 1. The van der Waals surface area contributed by atoms with Crippen LogP contribution in [0.1, 0.15) is 20.3 Å². The van der Waals surface area contributed by atoms with Gasteiger partial charge >= 0.3 is 5.97 Å². The van der Waals surface area contributed by atoms with Crippen LogP contribution in [-0.4, -0.2) is 30.1 Å². The first kappa shape index (κ1) is 15.2.